The predicted octanol–water partition coefficient (Wildman–Crippen LogP) is 1.59. The molecule has 0 radical (unpaired) electrons. The highest BCUT2D eigenvalue weighted by Crippen LogP contribution is 2.44. The molecule has 3 aliphatic rings. The third-order valence-corrected chi connectivity index (χ3v) is 7.30. The average molecular weight is 366 g/mol. The van der Waals surface area contributed by atoms with Gasteiger partial charge in [0.25, 0.3) is 0 Å². The van der Waals surface area contributed by atoms with Crippen molar-refractivity contribution in [3.63, 3.8) is 0 Å². The highest BCUT2D eigenvalue weighted by atomic mass is 35.5. The van der Waals surface area contributed by atoms with E-state index in [0.29, 0.717) is 11.8 Å². The Morgan fingerprint density at radius 3 is 2.48 bits per heavy atom. The Morgan fingerprint density at radius 1 is 1.22 bits per heavy atom. The van der Waals surface area contributed by atoms with Crippen molar-refractivity contribution in [2.75, 3.05) is 38.5 Å². The van der Waals surface area contributed by atoms with E-state index in [1.54, 1.807) is 0 Å². The summed E-state index contributed by atoms with van der Waals surface area (Å²) in [5.74, 6) is 1.10. The van der Waals surface area contributed by atoms with Crippen LogP contribution in [-0.2, 0) is 10.0 Å². The second kappa shape index (κ2) is 8.00. The van der Waals surface area contributed by atoms with Crippen molar-refractivity contribution in [3.05, 3.63) is 0 Å². The van der Waals surface area contributed by atoms with Crippen molar-refractivity contribution >= 4 is 22.4 Å². The van der Waals surface area contributed by atoms with Gasteiger partial charge in [-0.1, -0.05) is 6.92 Å². The summed E-state index contributed by atoms with van der Waals surface area (Å²) in [6.45, 7) is 8.00. The maximum atomic E-state index is 11.9. The molecule has 0 aromatic carbocycles. The molecule has 0 bridgehead atoms. The normalized spacial score (nSPS) is 28.5. The van der Waals surface area contributed by atoms with Crippen molar-refractivity contribution in [1.29, 1.82) is 0 Å². The van der Waals surface area contributed by atoms with E-state index in [2.05, 4.69) is 14.9 Å². The van der Waals surface area contributed by atoms with Crippen molar-refractivity contribution in [2.45, 2.75) is 51.5 Å². The van der Waals surface area contributed by atoms with Gasteiger partial charge in [-0.05, 0) is 62.9 Å². The van der Waals surface area contributed by atoms with Gasteiger partial charge in [0.15, 0.2) is 0 Å². The minimum Gasteiger partial charge on any atom is -0.316 e. The zero-order valence-electron chi connectivity index (χ0n) is 14.2. The molecule has 2 heterocycles. The molecule has 1 saturated carbocycles. The van der Waals surface area contributed by atoms with Crippen LogP contribution >= 0.6 is 12.4 Å². The average Bonchev–Trinajstić information content (AvgIpc) is 2.92. The Hall–Kier alpha value is 0.120. The largest absolute Gasteiger partial charge is 0.316 e. The maximum Gasteiger partial charge on any atom is 0.211 e. The number of sulfonamides is 1. The summed E-state index contributed by atoms with van der Waals surface area (Å²) in [5.41, 5.74) is 0.499. The lowest BCUT2D eigenvalue weighted by Crippen LogP contribution is -2.59. The summed E-state index contributed by atoms with van der Waals surface area (Å²) in [7, 11) is -3.05. The van der Waals surface area contributed by atoms with Crippen LogP contribution < -0.4 is 10.0 Å². The lowest BCUT2D eigenvalue weighted by molar-refractivity contribution is -0.0387. The smallest absolute Gasteiger partial charge is 0.211 e. The van der Waals surface area contributed by atoms with Crippen LogP contribution in [0, 0.1) is 11.3 Å². The van der Waals surface area contributed by atoms with E-state index >= 15 is 0 Å². The molecule has 3 rings (SSSR count). The number of hydrogen-bond donors (Lipinski definition) is 2. The molecule has 0 aromatic rings. The highest BCUT2D eigenvalue weighted by molar-refractivity contribution is 7.89. The van der Waals surface area contributed by atoms with Crippen LogP contribution in [0.5, 0.6) is 0 Å². The molecule has 7 heteroatoms. The van der Waals surface area contributed by atoms with Crippen LogP contribution in [0.1, 0.15) is 45.4 Å². The van der Waals surface area contributed by atoms with E-state index in [0.717, 1.165) is 18.8 Å². The van der Waals surface area contributed by atoms with E-state index in [1.807, 2.05) is 6.92 Å². The Morgan fingerprint density at radius 2 is 1.91 bits per heavy atom. The quantitative estimate of drug-likeness (QED) is 0.750. The summed E-state index contributed by atoms with van der Waals surface area (Å²) in [4.78, 5) is 2.61. The molecule has 0 amide bonds. The van der Waals surface area contributed by atoms with Crippen LogP contribution in [0.25, 0.3) is 0 Å². The molecule has 2 N–H and O–H groups in total. The van der Waals surface area contributed by atoms with Gasteiger partial charge in [0.2, 0.25) is 10.0 Å². The Balaban J connectivity index is 0.00000192. The zero-order valence-corrected chi connectivity index (χ0v) is 15.9. The third kappa shape index (κ3) is 5.05. The van der Waals surface area contributed by atoms with Crippen molar-refractivity contribution in [2.24, 2.45) is 11.3 Å². The molecule has 1 spiro atoms. The summed E-state index contributed by atoms with van der Waals surface area (Å²) < 4.78 is 26.6. The second-order valence-electron chi connectivity index (χ2n) is 7.74. The second-order valence-corrected chi connectivity index (χ2v) is 9.61. The first-order valence-corrected chi connectivity index (χ1v) is 10.6. The minimum absolute atomic E-state index is 0. The van der Waals surface area contributed by atoms with Gasteiger partial charge >= 0.3 is 0 Å². The van der Waals surface area contributed by atoms with Crippen molar-refractivity contribution in [3.8, 4) is 0 Å². The SMILES string of the molecule is CCCS(=O)(=O)NC1CCC2(CC1)CN(C[C@@H]1CCNC1)C2.Cl. The van der Waals surface area contributed by atoms with Gasteiger partial charge in [-0.3, -0.25) is 0 Å². The number of likely N-dealkylation sites (tertiary alicyclic amines) is 1. The minimum atomic E-state index is -3.05. The van der Waals surface area contributed by atoms with Gasteiger partial charge in [-0.15, -0.1) is 12.4 Å². The predicted molar refractivity (Wildman–Crippen MR) is 96.6 cm³/mol. The fourth-order valence-corrected chi connectivity index (χ4v) is 5.91. The molecule has 2 saturated heterocycles. The van der Waals surface area contributed by atoms with Crippen LogP contribution in [0.4, 0.5) is 0 Å². The fourth-order valence-electron chi connectivity index (χ4n) is 4.51. The van der Waals surface area contributed by atoms with Crippen molar-refractivity contribution in [1.82, 2.24) is 14.9 Å². The highest BCUT2D eigenvalue weighted by Gasteiger charge is 2.45. The number of nitrogens with zero attached hydrogens (tertiary/aromatic N) is 1. The summed E-state index contributed by atoms with van der Waals surface area (Å²) in [6, 6.07) is 0.176. The van der Waals surface area contributed by atoms with Gasteiger partial charge < -0.3 is 10.2 Å². The number of rotatable bonds is 6. The van der Waals surface area contributed by atoms with E-state index in [4.69, 9.17) is 0 Å². The van der Waals surface area contributed by atoms with E-state index < -0.39 is 10.0 Å². The number of halogens is 1. The molecule has 3 fully saturated rings. The Labute approximate surface area is 147 Å². The van der Waals surface area contributed by atoms with E-state index in [9.17, 15) is 8.42 Å². The first-order valence-electron chi connectivity index (χ1n) is 8.93. The Bertz CT molecular complexity index is 464. The van der Waals surface area contributed by atoms with Crippen molar-refractivity contribution < 1.29 is 8.42 Å². The molecule has 1 aliphatic carbocycles. The molecule has 5 nitrogen and oxygen atoms in total. The first-order chi connectivity index (χ1) is 10.5. The fraction of sp³-hybridized carbons (Fsp3) is 1.00. The lowest BCUT2D eigenvalue weighted by Gasteiger charge is -2.54. The van der Waals surface area contributed by atoms with Crippen LogP contribution in [0.2, 0.25) is 0 Å². The molecule has 136 valence electrons. The van der Waals surface area contributed by atoms with Gasteiger partial charge in [-0.2, -0.15) is 0 Å². The monoisotopic (exact) mass is 365 g/mol. The molecular formula is C16H32ClN3O2S. The van der Waals surface area contributed by atoms with E-state index in [-0.39, 0.29) is 24.2 Å². The van der Waals surface area contributed by atoms with Gasteiger partial charge in [0.05, 0.1) is 5.75 Å². The summed E-state index contributed by atoms with van der Waals surface area (Å²) >= 11 is 0. The van der Waals surface area contributed by atoms with Gasteiger partial charge in [0.1, 0.15) is 0 Å². The molecular weight excluding hydrogens is 334 g/mol. The molecule has 23 heavy (non-hydrogen) atoms. The first kappa shape index (κ1) is 19.4. The standard InChI is InChI=1S/C16H31N3O2S.ClH/c1-2-9-22(20,21)18-15-3-6-16(7-4-15)12-19(13-16)11-14-5-8-17-10-14;/h14-15,17-18H,2-13H2,1H3;1H/t14-;/m1./s1. The summed E-state index contributed by atoms with van der Waals surface area (Å²) in [5, 5.41) is 3.44. The molecule has 0 aromatic heterocycles. The number of hydrogen-bond acceptors (Lipinski definition) is 4. The zero-order chi connectivity index (χ0) is 15.6. The molecule has 1 atom stereocenters. The molecule has 0 unspecified atom stereocenters. The lowest BCUT2D eigenvalue weighted by atomic mass is 9.67. The maximum absolute atomic E-state index is 11.9. The van der Waals surface area contributed by atoms with Crippen LogP contribution in [0.15, 0.2) is 0 Å². The van der Waals surface area contributed by atoms with E-state index in [1.165, 1.54) is 52.0 Å². The van der Waals surface area contributed by atoms with Gasteiger partial charge in [0, 0.05) is 25.7 Å². The van der Waals surface area contributed by atoms with Gasteiger partial charge in [-0.25, -0.2) is 13.1 Å². The molecule has 2 aliphatic heterocycles. The topological polar surface area (TPSA) is 61.4 Å². The summed E-state index contributed by atoms with van der Waals surface area (Å²) in [6.07, 6.45) is 6.42. The third-order valence-electron chi connectivity index (χ3n) is 5.66. The van der Waals surface area contributed by atoms with Crippen LogP contribution in [0.3, 0.4) is 0 Å². The Kier molecular flexibility index (Phi) is 6.76. The number of nitrogens with one attached hydrogen (secondary N) is 2. The van der Waals surface area contributed by atoms with Crippen LogP contribution in [-0.4, -0.2) is 57.8 Å².